The van der Waals surface area contributed by atoms with Crippen molar-refractivity contribution >= 4 is 22.9 Å². The largest absolute Gasteiger partial charge is 0.507 e. The van der Waals surface area contributed by atoms with Gasteiger partial charge >= 0.3 is 0 Å². The first kappa shape index (κ1) is 15.5. The fourth-order valence-corrected chi connectivity index (χ4v) is 2.37. The Hall–Kier alpha value is -3.41. The van der Waals surface area contributed by atoms with E-state index in [9.17, 15) is 14.7 Å². The van der Waals surface area contributed by atoms with Gasteiger partial charge in [-0.3, -0.25) is 9.59 Å². The van der Waals surface area contributed by atoms with Gasteiger partial charge in [0.1, 0.15) is 5.75 Å². The summed E-state index contributed by atoms with van der Waals surface area (Å²) in [7, 11) is 1.57. The zero-order valence-electron chi connectivity index (χ0n) is 12.9. The maximum Gasteiger partial charge on any atom is 0.272 e. The van der Waals surface area contributed by atoms with Crippen LogP contribution in [0.15, 0.2) is 64.6 Å². The second-order valence-electron chi connectivity index (χ2n) is 5.29. The Balaban J connectivity index is 1.84. The molecular formula is C18H15N3O3. The number of amides is 1. The average molecular weight is 321 g/mol. The molecule has 24 heavy (non-hydrogen) atoms. The minimum absolute atomic E-state index is 0.0776. The number of phenols is 1. The van der Waals surface area contributed by atoms with Crippen LogP contribution in [-0.2, 0) is 7.05 Å². The first-order valence-corrected chi connectivity index (χ1v) is 7.27. The molecule has 1 amide bonds. The highest BCUT2D eigenvalue weighted by Gasteiger charge is 2.07. The predicted octanol–water partition coefficient (Wildman–Crippen LogP) is 2.01. The summed E-state index contributed by atoms with van der Waals surface area (Å²) in [5.41, 5.74) is 3.03. The lowest BCUT2D eigenvalue weighted by molar-refractivity contribution is 0.0954. The number of benzene rings is 2. The number of aryl methyl sites for hydroxylation is 1. The molecule has 0 radical (unpaired) electrons. The number of hydrogen-bond acceptors (Lipinski definition) is 4. The van der Waals surface area contributed by atoms with Crippen LogP contribution in [0.3, 0.4) is 0 Å². The van der Waals surface area contributed by atoms with Crippen LogP contribution in [0, 0.1) is 0 Å². The Bertz CT molecular complexity index is 1010. The van der Waals surface area contributed by atoms with Crippen molar-refractivity contribution in [2.45, 2.75) is 0 Å². The van der Waals surface area contributed by atoms with Gasteiger partial charge in [-0.05, 0) is 22.9 Å². The number of hydrogen-bond donors (Lipinski definition) is 2. The van der Waals surface area contributed by atoms with E-state index in [1.54, 1.807) is 13.1 Å². The number of carbonyl (C=O) groups is 1. The van der Waals surface area contributed by atoms with Gasteiger partial charge in [-0.25, -0.2) is 5.43 Å². The van der Waals surface area contributed by atoms with Crippen molar-refractivity contribution in [3.05, 3.63) is 76.2 Å². The van der Waals surface area contributed by atoms with E-state index < -0.39 is 5.91 Å². The molecule has 0 atom stereocenters. The summed E-state index contributed by atoms with van der Waals surface area (Å²) in [6.45, 7) is 0. The van der Waals surface area contributed by atoms with E-state index in [0.717, 1.165) is 10.8 Å². The minimum Gasteiger partial charge on any atom is -0.507 e. The molecule has 120 valence electrons. The van der Waals surface area contributed by atoms with Gasteiger partial charge < -0.3 is 9.67 Å². The normalized spacial score (nSPS) is 11.0. The summed E-state index contributed by atoms with van der Waals surface area (Å²) in [5, 5.41) is 15.7. The van der Waals surface area contributed by atoms with Crippen molar-refractivity contribution < 1.29 is 9.90 Å². The third kappa shape index (κ3) is 3.03. The van der Waals surface area contributed by atoms with Gasteiger partial charge in [0.15, 0.2) is 0 Å². The molecule has 0 unspecified atom stereocenters. The average Bonchev–Trinajstić information content (AvgIpc) is 2.59. The topological polar surface area (TPSA) is 83.7 Å². The monoisotopic (exact) mass is 321 g/mol. The van der Waals surface area contributed by atoms with Gasteiger partial charge in [0, 0.05) is 24.9 Å². The lowest BCUT2D eigenvalue weighted by atomic mass is 10.0. The molecule has 3 aromatic rings. The number of nitrogens with zero attached hydrogens (tertiary/aromatic N) is 2. The highest BCUT2D eigenvalue weighted by atomic mass is 16.3. The highest BCUT2D eigenvalue weighted by Crippen LogP contribution is 2.25. The summed E-state index contributed by atoms with van der Waals surface area (Å²) in [6.07, 6.45) is 2.83. The van der Waals surface area contributed by atoms with Gasteiger partial charge in [-0.1, -0.05) is 30.3 Å². The number of nitrogens with one attached hydrogen (secondary N) is 1. The van der Waals surface area contributed by atoms with E-state index in [0.29, 0.717) is 11.1 Å². The standard InChI is InChI=1S/C18H15N3O3/c1-21-11-13(7-9-17(21)23)18(24)20-19-10-15-14-5-3-2-4-12(14)6-8-16(15)22/h2-11,22H,1H3,(H,20,24)/b19-10+. The van der Waals surface area contributed by atoms with Crippen LogP contribution < -0.4 is 11.0 Å². The Labute approximate surface area is 137 Å². The summed E-state index contributed by atoms with van der Waals surface area (Å²) in [4.78, 5) is 23.4. The second-order valence-corrected chi connectivity index (χ2v) is 5.29. The van der Waals surface area contributed by atoms with Crippen LogP contribution in [-0.4, -0.2) is 21.8 Å². The Morgan fingerprint density at radius 2 is 1.96 bits per heavy atom. The smallest absolute Gasteiger partial charge is 0.272 e. The first-order valence-electron chi connectivity index (χ1n) is 7.27. The molecular weight excluding hydrogens is 306 g/mol. The zero-order valence-corrected chi connectivity index (χ0v) is 12.9. The van der Waals surface area contributed by atoms with Gasteiger partial charge in [-0.2, -0.15) is 5.10 Å². The molecule has 6 nitrogen and oxygen atoms in total. The number of phenolic OH excluding ortho intramolecular Hbond substituents is 1. The molecule has 0 aliphatic carbocycles. The molecule has 1 heterocycles. The molecule has 6 heteroatoms. The summed E-state index contributed by atoms with van der Waals surface area (Å²) in [6, 6.07) is 13.7. The molecule has 0 fully saturated rings. The maximum atomic E-state index is 12.0. The first-order chi connectivity index (χ1) is 11.6. The number of hydrazone groups is 1. The molecule has 2 N–H and O–H groups in total. The number of pyridine rings is 1. The Morgan fingerprint density at radius 1 is 1.17 bits per heavy atom. The van der Waals surface area contributed by atoms with Crippen molar-refractivity contribution in [3.63, 3.8) is 0 Å². The van der Waals surface area contributed by atoms with Crippen LogP contribution >= 0.6 is 0 Å². The molecule has 0 aliphatic heterocycles. The summed E-state index contributed by atoms with van der Waals surface area (Å²) < 4.78 is 1.31. The number of aromatic hydroxyl groups is 1. The van der Waals surface area contributed by atoms with E-state index in [1.165, 1.54) is 29.1 Å². The molecule has 3 rings (SSSR count). The molecule has 0 aliphatic rings. The maximum absolute atomic E-state index is 12.0. The molecule has 0 spiro atoms. The van der Waals surface area contributed by atoms with Crippen molar-refractivity contribution in [2.24, 2.45) is 12.1 Å². The predicted molar refractivity (Wildman–Crippen MR) is 92.4 cm³/mol. The molecule has 2 aromatic carbocycles. The Morgan fingerprint density at radius 3 is 2.75 bits per heavy atom. The van der Waals surface area contributed by atoms with Gasteiger partial charge in [-0.15, -0.1) is 0 Å². The van der Waals surface area contributed by atoms with E-state index in [-0.39, 0.29) is 11.3 Å². The van der Waals surface area contributed by atoms with Gasteiger partial charge in [0.05, 0.1) is 11.8 Å². The van der Waals surface area contributed by atoms with E-state index >= 15 is 0 Å². The quantitative estimate of drug-likeness (QED) is 0.572. The zero-order chi connectivity index (χ0) is 17.1. The van der Waals surface area contributed by atoms with Crippen molar-refractivity contribution in [1.29, 1.82) is 0 Å². The highest BCUT2D eigenvalue weighted by molar-refractivity contribution is 6.03. The van der Waals surface area contributed by atoms with Gasteiger partial charge in [0.2, 0.25) is 5.56 Å². The molecule has 0 saturated heterocycles. The minimum atomic E-state index is -0.443. The van der Waals surface area contributed by atoms with E-state index in [4.69, 9.17) is 0 Å². The fraction of sp³-hybridized carbons (Fsp3) is 0.0556. The number of rotatable bonds is 3. The SMILES string of the molecule is Cn1cc(C(=O)N/N=C/c2c(O)ccc3ccccc23)ccc1=O. The third-order valence-corrected chi connectivity index (χ3v) is 3.66. The number of fused-ring (bicyclic) bond motifs is 1. The Kier molecular flexibility index (Phi) is 4.11. The molecule has 0 saturated carbocycles. The van der Waals surface area contributed by atoms with Crippen LogP contribution in [0.2, 0.25) is 0 Å². The van der Waals surface area contributed by atoms with Crippen molar-refractivity contribution in [2.75, 3.05) is 0 Å². The van der Waals surface area contributed by atoms with Gasteiger partial charge in [0.25, 0.3) is 5.91 Å². The van der Waals surface area contributed by atoms with Crippen LogP contribution in [0.1, 0.15) is 15.9 Å². The molecule has 1 aromatic heterocycles. The number of aromatic nitrogens is 1. The van der Waals surface area contributed by atoms with Crippen LogP contribution in [0.25, 0.3) is 10.8 Å². The van der Waals surface area contributed by atoms with Crippen molar-refractivity contribution in [1.82, 2.24) is 9.99 Å². The number of carbonyl (C=O) groups excluding carboxylic acids is 1. The molecule has 0 bridgehead atoms. The second kappa shape index (κ2) is 6.37. The summed E-state index contributed by atoms with van der Waals surface area (Å²) >= 11 is 0. The summed E-state index contributed by atoms with van der Waals surface area (Å²) in [5.74, 6) is -0.365. The van der Waals surface area contributed by atoms with Crippen LogP contribution in [0.4, 0.5) is 0 Å². The van der Waals surface area contributed by atoms with Crippen LogP contribution in [0.5, 0.6) is 5.75 Å². The van der Waals surface area contributed by atoms with E-state index in [1.807, 2.05) is 30.3 Å². The fourth-order valence-electron chi connectivity index (χ4n) is 2.37. The lowest BCUT2D eigenvalue weighted by Crippen LogP contribution is -2.22. The van der Waals surface area contributed by atoms with Crippen molar-refractivity contribution in [3.8, 4) is 5.75 Å². The lowest BCUT2D eigenvalue weighted by Gasteiger charge is -2.05. The van der Waals surface area contributed by atoms with E-state index in [2.05, 4.69) is 10.5 Å². The third-order valence-electron chi connectivity index (χ3n) is 3.66.